The zero-order chi connectivity index (χ0) is 34.4. The van der Waals surface area contributed by atoms with Gasteiger partial charge in [0.2, 0.25) is 5.91 Å². The molecule has 48 heavy (non-hydrogen) atoms. The molecule has 1 saturated heterocycles. The van der Waals surface area contributed by atoms with Crippen LogP contribution in [-0.2, 0) is 17.4 Å². The molecule has 2 atom stereocenters. The summed E-state index contributed by atoms with van der Waals surface area (Å²) in [6.45, 7) is 4.07. The lowest BCUT2D eigenvalue weighted by Gasteiger charge is -2.34. The summed E-state index contributed by atoms with van der Waals surface area (Å²) in [6.07, 6.45) is -2.16. The van der Waals surface area contributed by atoms with Gasteiger partial charge in [0.05, 0.1) is 41.2 Å². The Morgan fingerprint density at radius 1 is 1.12 bits per heavy atom. The van der Waals surface area contributed by atoms with Gasteiger partial charge in [0, 0.05) is 12.6 Å². The largest absolute Gasteiger partial charge is 0.494 e. The average Bonchev–Trinajstić information content (AvgIpc) is 3.47. The lowest BCUT2D eigenvalue weighted by atomic mass is 10.0. The number of amides is 1. The third-order valence-electron chi connectivity index (χ3n) is 8.94. The molecule has 1 N–H and O–H groups in total. The number of likely N-dealkylation sites (tertiary alicyclic amines) is 1. The number of carbonyl (C=O) groups is 1. The van der Waals surface area contributed by atoms with Gasteiger partial charge in [-0.1, -0.05) is 18.2 Å². The molecule has 0 spiro atoms. The maximum absolute atomic E-state index is 14.6. The Bertz CT molecular complexity index is 1780. The fourth-order valence-electron chi connectivity index (χ4n) is 6.45. The van der Waals surface area contributed by atoms with E-state index in [1.807, 2.05) is 14.0 Å². The Hall–Kier alpha value is -4.29. The summed E-state index contributed by atoms with van der Waals surface area (Å²) in [5, 5.41) is 3.55. The molecule has 0 radical (unpaired) electrons. The van der Waals surface area contributed by atoms with E-state index in [-0.39, 0.29) is 23.6 Å². The predicted molar refractivity (Wildman–Crippen MR) is 177 cm³/mol. The van der Waals surface area contributed by atoms with Gasteiger partial charge in [-0.05, 0) is 114 Å². The van der Waals surface area contributed by atoms with Gasteiger partial charge in [-0.2, -0.15) is 13.2 Å². The summed E-state index contributed by atoms with van der Waals surface area (Å²) in [7, 11) is 3.83. The summed E-state index contributed by atoms with van der Waals surface area (Å²) >= 11 is 0. The van der Waals surface area contributed by atoms with Crippen molar-refractivity contribution in [1.29, 1.82) is 0 Å². The zero-order valence-corrected chi connectivity index (χ0v) is 27.4. The lowest BCUT2D eigenvalue weighted by molar-refractivity contribution is -0.140. The van der Waals surface area contributed by atoms with Crippen molar-refractivity contribution < 1.29 is 27.1 Å². The Morgan fingerprint density at radius 3 is 2.52 bits per heavy atom. The van der Waals surface area contributed by atoms with Crippen LogP contribution in [0.25, 0.3) is 16.6 Å². The van der Waals surface area contributed by atoms with Gasteiger partial charge >= 0.3 is 6.18 Å². The van der Waals surface area contributed by atoms with Gasteiger partial charge < -0.3 is 19.9 Å². The SMILES string of the molecule is CCOc1ccc(-n2c(C(CCNC)N(CCC3CCCN3C)C(=O)Cc3ccc(C(F)(F)F)c(F)c3)nc3ccccc3c2=O)cc1. The Labute approximate surface area is 277 Å². The van der Waals surface area contributed by atoms with Crippen LogP contribution in [0.4, 0.5) is 17.6 Å². The van der Waals surface area contributed by atoms with Crippen molar-refractivity contribution >= 4 is 16.8 Å². The number of para-hydroxylation sites is 1. The second-order valence-electron chi connectivity index (χ2n) is 12.1. The number of halogens is 4. The number of fused-ring (bicyclic) bond motifs is 1. The van der Waals surface area contributed by atoms with E-state index < -0.39 is 29.5 Å². The molecule has 12 heteroatoms. The lowest BCUT2D eigenvalue weighted by Crippen LogP contribution is -2.42. The second-order valence-corrected chi connectivity index (χ2v) is 12.1. The van der Waals surface area contributed by atoms with Crippen LogP contribution >= 0.6 is 0 Å². The number of hydrogen-bond acceptors (Lipinski definition) is 6. The minimum atomic E-state index is -4.85. The molecule has 1 aromatic heterocycles. The van der Waals surface area contributed by atoms with Crippen LogP contribution in [0.1, 0.15) is 55.6 Å². The number of benzene rings is 3. The molecule has 0 bridgehead atoms. The average molecular weight is 668 g/mol. The fraction of sp³-hybridized carbons (Fsp3) is 0.417. The van der Waals surface area contributed by atoms with E-state index in [2.05, 4.69) is 10.2 Å². The molecule has 0 aliphatic carbocycles. The number of rotatable bonds is 13. The van der Waals surface area contributed by atoms with Gasteiger partial charge in [0.1, 0.15) is 17.4 Å². The molecule has 1 fully saturated rings. The quantitative estimate of drug-likeness (QED) is 0.173. The Balaban J connectivity index is 1.63. The smallest absolute Gasteiger partial charge is 0.419 e. The molecule has 4 aromatic rings. The van der Waals surface area contributed by atoms with E-state index in [9.17, 15) is 27.2 Å². The first-order chi connectivity index (χ1) is 23.0. The molecule has 0 saturated carbocycles. The van der Waals surface area contributed by atoms with Crippen LogP contribution in [0.3, 0.4) is 0 Å². The van der Waals surface area contributed by atoms with E-state index >= 15 is 0 Å². The number of nitrogens with zero attached hydrogens (tertiary/aromatic N) is 4. The van der Waals surface area contributed by atoms with Gasteiger partial charge in [0.15, 0.2) is 0 Å². The number of hydrogen-bond donors (Lipinski definition) is 1. The molecule has 8 nitrogen and oxygen atoms in total. The molecule has 5 rings (SSSR count). The standard InChI is InChI=1S/C36H41F4N5O3/c1-4-48-27-14-12-26(13-15-27)45-34(42-31-10-6-5-9-28(31)35(45)47)32(17-19-41-2)44(21-18-25-8-7-20-43(25)3)33(46)23-24-11-16-29(30(37)22-24)36(38,39)40/h5-6,9-16,22,25,32,41H,4,7-8,17-21,23H2,1-3H3. The fourth-order valence-corrected chi connectivity index (χ4v) is 6.45. The zero-order valence-electron chi connectivity index (χ0n) is 27.4. The van der Waals surface area contributed by atoms with Crippen molar-refractivity contribution in [3.05, 3.63) is 99.9 Å². The maximum Gasteiger partial charge on any atom is 0.419 e. The normalized spacial score (nSPS) is 15.9. The number of aromatic nitrogens is 2. The summed E-state index contributed by atoms with van der Waals surface area (Å²) in [5.41, 5.74) is -0.551. The Kier molecular flexibility index (Phi) is 11.2. The monoisotopic (exact) mass is 667 g/mol. The first kappa shape index (κ1) is 35.0. The minimum absolute atomic E-state index is 0.122. The van der Waals surface area contributed by atoms with E-state index in [0.29, 0.717) is 66.8 Å². The van der Waals surface area contributed by atoms with Crippen LogP contribution in [0.15, 0.2) is 71.5 Å². The molecule has 3 aromatic carbocycles. The maximum atomic E-state index is 14.6. The Morgan fingerprint density at radius 2 is 1.88 bits per heavy atom. The number of carbonyl (C=O) groups excluding carboxylic acids is 1. The summed E-state index contributed by atoms with van der Waals surface area (Å²) in [4.78, 5) is 37.4. The molecule has 1 aliphatic heterocycles. The van der Waals surface area contributed by atoms with E-state index in [1.165, 1.54) is 4.57 Å². The molecular weight excluding hydrogens is 626 g/mol. The third-order valence-corrected chi connectivity index (χ3v) is 8.94. The highest BCUT2D eigenvalue weighted by Crippen LogP contribution is 2.33. The number of ether oxygens (including phenoxy) is 1. The van der Waals surface area contributed by atoms with E-state index in [4.69, 9.17) is 9.72 Å². The van der Waals surface area contributed by atoms with Crippen molar-refractivity contribution in [2.24, 2.45) is 0 Å². The van der Waals surface area contributed by atoms with Crippen LogP contribution in [-0.4, -0.2) is 71.6 Å². The van der Waals surface area contributed by atoms with E-state index in [1.54, 1.807) is 60.5 Å². The summed E-state index contributed by atoms with van der Waals surface area (Å²) in [5.74, 6) is -0.849. The van der Waals surface area contributed by atoms with Gasteiger partial charge in [-0.15, -0.1) is 0 Å². The second kappa shape index (κ2) is 15.3. The number of nitrogens with one attached hydrogen (secondary N) is 1. The first-order valence-electron chi connectivity index (χ1n) is 16.3. The van der Waals surface area contributed by atoms with Crippen LogP contribution in [0, 0.1) is 5.82 Å². The summed E-state index contributed by atoms with van der Waals surface area (Å²) < 4.78 is 61.6. The number of alkyl halides is 3. The van der Waals surface area contributed by atoms with Crippen molar-refractivity contribution in [2.75, 3.05) is 40.3 Å². The van der Waals surface area contributed by atoms with Crippen molar-refractivity contribution in [3.8, 4) is 11.4 Å². The van der Waals surface area contributed by atoms with Gasteiger partial charge in [-0.25, -0.2) is 9.37 Å². The molecule has 2 heterocycles. The van der Waals surface area contributed by atoms with Gasteiger partial charge in [-0.3, -0.25) is 14.2 Å². The molecule has 256 valence electrons. The predicted octanol–water partition coefficient (Wildman–Crippen LogP) is 6.15. The van der Waals surface area contributed by atoms with Crippen LogP contribution in [0.5, 0.6) is 5.75 Å². The topological polar surface area (TPSA) is 79.7 Å². The minimum Gasteiger partial charge on any atom is -0.494 e. The highest BCUT2D eigenvalue weighted by Gasteiger charge is 2.35. The van der Waals surface area contributed by atoms with E-state index in [0.717, 1.165) is 31.5 Å². The van der Waals surface area contributed by atoms with Crippen molar-refractivity contribution in [2.45, 2.75) is 57.3 Å². The molecule has 1 amide bonds. The highest BCUT2D eigenvalue weighted by molar-refractivity contribution is 5.80. The van der Waals surface area contributed by atoms with Crippen LogP contribution in [0.2, 0.25) is 0 Å². The van der Waals surface area contributed by atoms with Gasteiger partial charge in [0.25, 0.3) is 5.56 Å². The first-order valence-corrected chi connectivity index (χ1v) is 16.3. The summed E-state index contributed by atoms with van der Waals surface area (Å²) in [6, 6.07) is 16.2. The third kappa shape index (κ3) is 7.87. The molecular formula is C36H41F4N5O3. The van der Waals surface area contributed by atoms with Crippen LogP contribution < -0.4 is 15.6 Å². The molecule has 2 unspecified atom stereocenters. The highest BCUT2D eigenvalue weighted by atomic mass is 19.4. The van der Waals surface area contributed by atoms with Crippen molar-refractivity contribution in [3.63, 3.8) is 0 Å². The molecule has 1 aliphatic rings. The van der Waals surface area contributed by atoms with Crippen molar-refractivity contribution in [1.82, 2.24) is 24.7 Å².